The van der Waals surface area contributed by atoms with Gasteiger partial charge in [-0.05, 0) is 31.0 Å². The number of carbonyl (C=O) groups excluding carboxylic acids is 1. The number of hydrogen-bond donors (Lipinski definition) is 2. The average molecular weight is 234 g/mol. The first kappa shape index (κ1) is 10.6. The normalized spacial score (nSPS) is 27.2. The minimum Gasteiger partial charge on any atom is -0.380 e. The summed E-state index contributed by atoms with van der Waals surface area (Å²) in [6, 6.07) is 4.68. The van der Waals surface area contributed by atoms with Gasteiger partial charge in [0.25, 0.3) is 0 Å². The van der Waals surface area contributed by atoms with Crippen molar-refractivity contribution in [3.05, 3.63) is 24.0 Å². The van der Waals surface area contributed by atoms with E-state index >= 15 is 0 Å². The van der Waals surface area contributed by atoms with Gasteiger partial charge in [0.2, 0.25) is 5.91 Å². The van der Waals surface area contributed by atoms with E-state index in [4.69, 9.17) is 0 Å². The van der Waals surface area contributed by atoms with Crippen LogP contribution in [0.3, 0.4) is 0 Å². The molecule has 1 aromatic carbocycles. The SMILES string of the molecule is O=C1Nc2cc(F)ccc2NC2CCCCC12. The van der Waals surface area contributed by atoms with Gasteiger partial charge in [-0.2, -0.15) is 0 Å². The van der Waals surface area contributed by atoms with Crippen LogP contribution in [-0.2, 0) is 4.79 Å². The molecule has 0 spiro atoms. The van der Waals surface area contributed by atoms with Gasteiger partial charge in [-0.15, -0.1) is 0 Å². The highest BCUT2D eigenvalue weighted by Crippen LogP contribution is 2.34. The minimum atomic E-state index is -0.323. The largest absolute Gasteiger partial charge is 0.380 e. The standard InChI is InChI=1S/C13H15FN2O/c14-8-5-6-11-12(7-8)16-13(17)9-3-1-2-4-10(9)15-11/h5-7,9-10,15H,1-4H2,(H,16,17). The molecule has 1 aliphatic carbocycles. The third kappa shape index (κ3) is 1.88. The lowest BCUT2D eigenvalue weighted by Gasteiger charge is -2.29. The van der Waals surface area contributed by atoms with E-state index in [-0.39, 0.29) is 23.7 Å². The number of carbonyl (C=O) groups is 1. The molecule has 0 saturated heterocycles. The van der Waals surface area contributed by atoms with Gasteiger partial charge in [-0.25, -0.2) is 4.39 Å². The smallest absolute Gasteiger partial charge is 0.229 e. The van der Waals surface area contributed by atoms with E-state index in [1.165, 1.54) is 12.1 Å². The first-order valence-corrected chi connectivity index (χ1v) is 6.11. The molecule has 17 heavy (non-hydrogen) atoms. The maximum Gasteiger partial charge on any atom is 0.229 e. The second-order valence-corrected chi connectivity index (χ2v) is 4.82. The maximum atomic E-state index is 13.1. The molecule has 1 aromatic rings. The van der Waals surface area contributed by atoms with Crippen LogP contribution < -0.4 is 10.6 Å². The molecule has 2 atom stereocenters. The topological polar surface area (TPSA) is 41.1 Å². The molecule has 0 radical (unpaired) electrons. The summed E-state index contributed by atoms with van der Waals surface area (Å²) in [6.07, 6.45) is 4.17. The number of rotatable bonds is 0. The Kier molecular flexibility index (Phi) is 2.50. The van der Waals surface area contributed by atoms with E-state index in [0.29, 0.717) is 5.69 Å². The molecule has 1 amide bonds. The van der Waals surface area contributed by atoms with Crippen LogP contribution in [0, 0.1) is 11.7 Å². The molecular weight excluding hydrogens is 219 g/mol. The first-order chi connectivity index (χ1) is 8.24. The summed E-state index contributed by atoms with van der Waals surface area (Å²) in [5.74, 6) is -0.290. The van der Waals surface area contributed by atoms with E-state index in [0.717, 1.165) is 31.4 Å². The Morgan fingerprint density at radius 2 is 2.00 bits per heavy atom. The van der Waals surface area contributed by atoms with E-state index in [2.05, 4.69) is 10.6 Å². The zero-order chi connectivity index (χ0) is 11.8. The van der Waals surface area contributed by atoms with E-state index < -0.39 is 0 Å². The fourth-order valence-electron chi connectivity index (χ4n) is 2.79. The van der Waals surface area contributed by atoms with Gasteiger partial charge in [-0.1, -0.05) is 12.8 Å². The summed E-state index contributed by atoms with van der Waals surface area (Å²) in [5, 5.41) is 6.19. The molecule has 1 aliphatic heterocycles. The highest BCUT2D eigenvalue weighted by atomic mass is 19.1. The number of halogens is 1. The van der Waals surface area contributed by atoms with Crippen LogP contribution in [0.4, 0.5) is 15.8 Å². The summed E-state index contributed by atoms with van der Waals surface area (Å²) in [7, 11) is 0. The Morgan fingerprint density at radius 3 is 2.88 bits per heavy atom. The summed E-state index contributed by atoms with van der Waals surface area (Å²) >= 11 is 0. The number of hydrogen-bond acceptors (Lipinski definition) is 2. The molecule has 4 heteroatoms. The number of nitrogens with one attached hydrogen (secondary N) is 2. The molecule has 0 bridgehead atoms. The predicted molar refractivity (Wildman–Crippen MR) is 64.4 cm³/mol. The lowest BCUT2D eigenvalue weighted by Crippen LogP contribution is -2.37. The Hall–Kier alpha value is -1.58. The van der Waals surface area contributed by atoms with E-state index in [1.54, 1.807) is 6.07 Å². The lowest BCUT2D eigenvalue weighted by molar-refractivity contribution is -0.120. The molecule has 1 heterocycles. The van der Waals surface area contributed by atoms with Crippen LogP contribution >= 0.6 is 0 Å². The van der Waals surface area contributed by atoms with Crippen LogP contribution in [-0.4, -0.2) is 11.9 Å². The van der Waals surface area contributed by atoms with Crippen molar-refractivity contribution in [1.29, 1.82) is 0 Å². The number of benzene rings is 1. The van der Waals surface area contributed by atoms with Crippen molar-refractivity contribution >= 4 is 17.3 Å². The van der Waals surface area contributed by atoms with Crippen molar-refractivity contribution in [3.63, 3.8) is 0 Å². The fourth-order valence-corrected chi connectivity index (χ4v) is 2.79. The van der Waals surface area contributed by atoms with Gasteiger partial charge in [0.15, 0.2) is 0 Å². The Balaban J connectivity index is 1.97. The van der Waals surface area contributed by atoms with Crippen molar-refractivity contribution in [2.45, 2.75) is 31.7 Å². The summed E-state index contributed by atoms with van der Waals surface area (Å²) < 4.78 is 13.1. The van der Waals surface area contributed by atoms with E-state index in [1.807, 2.05) is 0 Å². The van der Waals surface area contributed by atoms with Crippen LogP contribution in [0.5, 0.6) is 0 Å². The molecule has 0 aromatic heterocycles. The van der Waals surface area contributed by atoms with Gasteiger partial charge in [0.1, 0.15) is 5.82 Å². The van der Waals surface area contributed by atoms with Crippen LogP contribution in [0.2, 0.25) is 0 Å². The predicted octanol–water partition coefficient (Wildman–Crippen LogP) is 2.75. The Bertz CT molecular complexity index is 461. The number of amides is 1. The van der Waals surface area contributed by atoms with Crippen LogP contribution in [0.25, 0.3) is 0 Å². The first-order valence-electron chi connectivity index (χ1n) is 6.11. The zero-order valence-corrected chi connectivity index (χ0v) is 9.50. The van der Waals surface area contributed by atoms with Gasteiger partial charge in [-0.3, -0.25) is 4.79 Å². The Morgan fingerprint density at radius 1 is 1.18 bits per heavy atom. The molecule has 1 fully saturated rings. The van der Waals surface area contributed by atoms with Gasteiger partial charge < -0.3 is 10.6 Å². The monoisotopic (exact) mass is 234 g/mol. The van der Waals surface area contributed by atoms with Gasteiger partial charge >= 0.3 is 0 Å². The van der Waals surface area contributed by atoms with Crippen molar-refractivity contribution in [2.75, 3.05) is 10.6 Å². The molecule has 90 valence electrons. The summed E-state index contributed by atoms with van der Waals surface area (Å²) in [6.45, 7) is 0. The van der Waals surface area contributed by atoms with Crippen molar-refractivity contribution in [3.8, 4) is 0 Å². The maximum absolute atomic E-state index is 13.1. The van der Waals surface area contributed by atoms with E-state index in [9.17, 15) is 9.18 Å². The average Bonchev–Trinajstić information content (AvgIpc) is 2.46. The molecule has 3 nitrogen and oxygen atoms in total. The minimum absolute atomic E-state index is 0.0132. The quantitative estimate of drug-likeness (QED) is 0.724. The van der Waals surface area contributed by atoms with Crippen molar-refractivity contribution in [1.82, 2.24) is 0 Å². The highest BCUT2D eigenvalue weighted by Gasteiger charge is 2.33. The van der Waals surface area contributed by atoms with Gasteiger partial charge in [0.05, 0.1) is 17.3 Å². The highest BCUT2D eigenvalue weighted by molar-refractivity contribution is 5.98. The second-order valence-electron chi connectivity index (χ2n) is 4.82. The molecule has 2 unspecified atom stereocenters. The van der Waals surface area contributed by atoms with Crippen molar-refractivity contribution < 1.29 is 9.18 Å². The van der Waals surface area contributed by atoms with Crippen molar-refractivity contribution in [2.24, 2.45) is 5.92 Å². The lowest BCUT2D eigenvalue weighted by atomic mass is 9.84. The van der Waals surface area contributed by atoms with Crippen LogP contribution in [0.1, 0.15) is 25.7 Å². The molecular formula is C13H15FN2O. The van der Waals surface area contributed by atoms with Crippen LogP contribution in [0.15, 0.2) is 18.2 Å². The third-order valence-corrected chi connectivity index (χ3v) is 3.68. The number of anilines is 2. The molecule has 1 saturated carbocycles. The third-order valence-electron chi connectivity index (χ3n) is 3.68. The zero-order valence-electron chi connectivity index (χ0n) is 9.50. The fraction of sp³-hybridized carbons (Fsp3) is 0.462. The second kappa shape index (κ2) is 4.02. The molecule has 2 N–H and O–H groups in total. The molecule has 3 rings (SSSR count). The summed E-state index contributed by atoms with van der Waals surface area (Å²) in [5.41, 5.74) is 1.39. The summed E-state index contributed by atoms with van der Waals surface area (Å²) in [4.78, 5) is 12.0. The molecule has 2 aliphatic rings. The van der Waals surface area contributed by atoms with Gasteiger partial charge in [0, 0.05) is 6.04 Å². The number of fused-ring (bicyclic) bond motifs is 2. The Labute approximate surface area is 99.4 Å².